The summed E-state index contributed by atoms with van der Waals surface area (Å²) >= 11 is 0. The van der Waals surface area contributed by atoms with Crippen LogP contribution in [-0.2, 0) is 13.0 Å². The number of hydrogen-bond donors (Lipinski definition) is 3. The Bertz CT molecular complexity index is 452. The minimum atomic E-state index is -0.472. The molecule has 1 aromatic carbocycles. The van der Waals surface area contributed by atoms with E-state index in [1.165, 1.54) is 48.9 Å². The number of aliphatic hydroxyl groups is 1. The zero-order valence-electron chi connectivity index (χ0n) is 12.3. The van der Waals surface area contributed by atoms with Crippen LogP contribution < -0.4 is 10.6 Å². The number of aryl methyl sites for hydroxylation is 1. The predicted molar refractivity (Wildman–Crippen MR) is 83.0 cm³/mol. The first-order valence-corrected chi connectivity index (χ1v) is 8.05. The molecular weight excluding hydrogens is 248 g/mol. The van der Waals surface area contributed by atoms with Gasteiger partial charge in [-0.3, -0.25) is 0 Å². The van der Waals surface area contributed by atoms with Crippen molar-refractivity contribution in [2.75, 3.05) is 18.4 Å². The molecule has 3 nitrogen and oxygen atoms in total. The first kappa shape index (κ1) is 13.9. The normalized spacial score (nSPS) is 21.1. The van der Waals surface area contributed by atoms with Gasteiger partial charge in [0.15, 0.2) is 0 Å². The number of rotatable bonds is 4. The molecule has 1 saturated carbocycles. The lowest BCUT2D eigenvalue weighted by atomic mass is 9.85. The second-order valence-electron chi connectivity index (χ2n) is 6.37. The number of fused-ring (bicyclic) bond motifs is 1. The molecule has 0 spiro atoms. The Morgan fingerprint density at radius 3 is 2.85 bits per heavy atom. The number of anilines is 1. The highest BCUT2D eigenvalue weighted by Crippen LogP contribution is 2.28. The predicted octanol–water partition coefficient (Wildman–Crippen LogP) is 2.83. The Labute approximate surface area is 121 Å². The minimum absolute atomic E-state index is 0.472. The van der Waals surface area contributed by atoms with E-state index in [1.807, 2.05) is 0 Å². The van der Waals surface area contributed by atoms with Crippen LogP contribution in [0.2, 0.25) is 0 Å². The molecule has 3 N–H and O–H groups in total. The van der Waals surface area contributed by atoms with Gasteiger partial charge in [0, 0.05) is 25.3 Å². The molecule has 0 atom stereocenters. The Balaban J connectivity index is 1.58. The number of hydrogen-bond acceptors (Lipinski definition) is 3. The summed E-state index contributed by atoms with van der Waals surface area (Å²) in [7, 11) is 0. The average molecular weight is 274 g/mol. The van der Waals surface area contributed by atoms with Crippen molar-refractivity contribution in [3.8, 4) is 0 Å². The molecule has 0 aromatic heterocycles. The van der Waals surface area contributed by atoms with Crippen LogP contribution >= 0.6 is 0 Å². The van der Waals surface area contributed by atoms with Crippen molar-refractivity contribution in [3.05, 3.63) is 29.3 Å². The fourth-order valence-corrected chi connectivity index (χ4v) is 3.54. The first-order valence-electron chi connectivity index (χ1n) is 8.05. The van der Waals surface area contributed by atoms with Crippen molar-refractivity contribution in [3.63, 3.8) is 0 Å². The van der Waals surface area contributed by atoms with E-state index in [2.05, 4.69) is 28.8 Å². The molecule has 1 aliphatic heterocycles. The van der Waals surface area contributed by atoms with Gasteiger partial charge in [0.1, 0.15) is 0 Å². The van der Waals surface area contributed by atoms with Crippen LogP contribution in [0.25, 0.3) is 0 Å². The van der Waals surface area contributed by atoms with Crippen molar-refractivity contribution < 1.29 is 5.11 Å². The average Bonchev–Trinajstić information content (AvgIpc) is 2.48. The molecule has 1 heterocycles. The summed E-state index contributed by atoms with van der Waals surface area (Å²) in [5, 5.41) is 17.5. The SMILES string of the molecule is OC1(CNCc2cccc3c2NCCC3)CCCCC1. The van der Waals surface area contributed by atoms with Gasteiger partial charge in [-0.05, 0) is 36.8 Å². The third-order valence-corrected chi connectivity index (χ3v) is 4.72. The Kier molecular flexibility index (Phi) is 4.27. The molecule has 0 saturated heterocycles. The van der Waals surface area contributed by atoms with Crippen LogP contribution in [0.5, 0.6) is 0 Å². The lowest BCUT2D eigenvalue weighted by Gasteiger charge is -2.32. The maximum Gasteiger partial charge on any atom is 0.0771 e. The van der Waals surface area contributed by atoms with Gasteiger partial charge in [-0.15, -0.1) is 0 Å². The number of benzene rings is 1. The molecule has 0 bridgehead atoms. The van der Waals surface area contributed by atoms with E-state index in [0.29, 0.717) is 0 Å². The largest absolute Gasteiger partial charge is 0.389 e. The van der Waals surface area contributed by atoms with Gasteiger partial charge in [0.2, 0.25) is 0 Å². The van der Waals surface area contributed by atoms with Crippen LogP contribution in [0.4, 0.5) is 5.69 Å². The standard InChI is InChI=1S/C17H26N2O/c20-17(9-2-1-3-10-17)13-18-12-15-7-4-6-14-8-5-11-19-16(14)15/h4,6-7,18-20H,1-3,5,8-13H2. The third-order valence-electron chi connectivity index (χ3n) is 4.72. The Morgan fingerprint density at radius 1 is 1.15 bits per heavy atom. The third kappa shape index (κ3) is 3.15. The van der Waals surface area contributed by atoms with Gasteiger partial charge in [-0.25, -0.2) is 0 Å². The summed E-state index contributed by atoms with van der Waals surface area (Å²) in [5.74, 6) is 0. The first-order chi connectivity index (χ1) is 9.77. The number of nitrogens with one attached hydrogen (secondary N) is 2. The van der Waals surface area contributed by atoms with Crippen molar-refractivity contribution in [2.24, 2.45) is 0 Å². The summed E-state index contributed by atoms with van der Waals surface area (Å²) in [6.45, 7) is 2.64. The molecule has 0 radical (unpaired) electrons. The van der Waals surface area contributed by atoms with Crippen LogP contribution in [0, 0.1) is 0 Å². The van der Waals surface area contributed by atoms with E-state index in [0.717, 1.165) is 32.5 Å². The van der Waals surface area contributed by atoms with E-state index < -0.39 is 5.60 Å². The van der Waals surface area contributed by atoms with Gasteiger partial charge in [-0.1, -0.05) is 37.5 Å². The van der Waals surface area contributed by atoms with Gasteiger partial charge in [-0.2, -0.15) is 0 Å². The molecule has 0 unspecified atom stereocenters. The van der Waals surface area contributed by atoms with Crippen molar-refractivity contribution in [1.82, 2.24) is 5.32 Å². The van der Waals surface area contributed by atoms with Crippen LogP contribution in [0.3, 0.4) is 0 Å². The van der Waals surface area contributed by atoms with Crippen molar-refractivity contribution >= 4 is 5.69 Å². The topological polar surface area (TPSA) is 44.3 Å². The maximum absolute atomic E-state index is 10.5. The zero-order chi connectivity index (χ0) is 13.8. The van der Waals surface area contributed by atoms with E-state index >= 15 is 0 Å². The Morgan fingerprint density at radius 2 is 2.00 bits per heavy atom. The van der Waals surface area contributed by atoms with Crippen molar-refractivity contribution in [2.45, 2.75) is 57.1 Å². The summed E-state index contributed by atoms with van der Waals surface area (Å²) in [4.78, 5) is 0. The van der Waals surface area contributed by atoms with Crippen molar-refractivity contribution in [1.29, 1.82) is 0 Å². The highest BCUT2D eigenvalue weighted by atomic mass is 16.3. The smallest absolute Gasteiger partial charge is 0.0771 e. The summed E-state index contributed by atoms with van der Waals surface area (Å²) < 4.78 is 0. The summed E-state index contributed by atoms with van der Waals surface area (Å²) in [5.41, 5.74) is 3.62. The fourth-order valence-electron chi connectivity index (χ4n) is 3.54. The molecule has 1 aromatic rings. The van der Waals surface area contributed by atoms with E-state index in [4.69, 9.17) is 0 Å². The van der Waals surface area contributed by atoms with Crippen LogP contribution in [0.1, 0.15) is 49.7 Å². The molecule has 2 aliphatic rings. The van der Waals surface area contributed by atoms with Gasteiger partial charge >= 0.3 is 0 Å². The summed E-state index contributed by atoms with van der Waals surface area (Å²) in [6, 6.07) is 6.56. The maximum atomic E-state index is 10.5. The highest BCUT2D eigenvalue weighted by Gasteiger charge is 2.28. The fraction of sp³-hybridized carbons (Fsp3) is 0.647. The lowest BCUT2D eigenvalue weighted by Crippen LogP contribution is -2.42. The second kappa shape index (κ2) is 6.15. The minimum Gasteiger partial charge on any atom is -0.389 e. The number of para-hydroxylation sites is 1. The van der Waals surface area contributed by atoms with Crippen LogP contribution in [-0.4, -0.2) is 23.8 Å². The molecule has 1 fully saturated rings. The zero-order valence-corrected chi connectivity index (χ0v) is 12.3. The molecule has 1 aliphatic carbocycles. The lowest BCUT2D eigenvalue weighted by molar-refractivity contribution is 0.00468. The quantitative estimate of drug-likeness (QED) is 0.791. The molecule has 0 amide bonds. The highest BCUT2D eigenvalue weighted by molar-refractivity contribution is 5.59. The van der Waals surface area contributed by atoms with Crippen LogP contribution in [0.15, 0.2) is 18.2 Å². The molecule has 20 heavy (non-hydrogen) atoms. The molecule has 110 valence electrons. The van der Waals surface area contributed by atoms with Gasteiger partial charge in [0.25, 0.3) is 0 Å². The van der Waals surface area contributed by atoms with E-state index in [-0.39, 0.29) is 0 Å². The van der Waals surface area contributed by atoms with Gasteiger partial charge in [0.05, 0.1) is 5.60 Å². The van der Waals surface area contributed by atoms with E-state index in [1.54, 1.807) is 0 Å². The second-order valence-corrected chi connectivity index (χ2v) is 6.37. The monoisotopic (exact) mass is 274 g/mol. The molecule has 3 rings (SSSR count). The van der Waals surface area contributed by atoms with Gasteiger partial charge < -0.3 is 15.7 Å². The molecular formula is C17H26N2O. The summed E-state index contributed by atoms with van der Waals surface area (Å²) in [6.07, 6.45) is 7.92. The Hall–Kier alpha value is -1.06. The molecule has 3 heteroatoms. The van der Waals surface area contributed by atoms with E-state index in [9.17, 15) is 5.11 Å².